The van der Waals surface area contributed by atoms with Crippen LogP contribution in [0.15, 0.2) is 0 Å². The maximum absolute atomic E-state index is 5.12. The molecule has 68 valence electrons. The molecule has 0 heterocycles. The van der Waals surface area contributed by atoms with Gasteiger partial charge in [-0.25, -0.2) is 0 Å². The van der Waals surface area contributed by atoms with Gasteiger partial charge >= 0.3 is 0 Å². The van der Waals surface area contributed by atoms with Gasteiger partial charge in [0.05, 0.1) is 0 Å². The van der Waals surface area contributed by atoms with E-state index in [0.717, 1.165) is 0 Å². The van der Waals surface area contributed by atoms with Gasteiger partial charge < -0.3 is 9.47 Å². The van der Waals surface area contributed by atoms with Gasteiger partial charge in [0.2, 0.25) is 0 Å². The molecule has 7 heteroatoms. The van der Waals surface area contributed by atoms with Crippen molar-refractivity contribution in [2.24, 2.45) is 0 Å². The van der Waals surface area contributed by atoms with E-state index in [1.807, 2.05) is 0 Å². The van der Waals surface area contributed by atoms with Crippen LogP contribution >= 0.6 is 23.2 Å². The van der Waals surface area contributed by atoms with Gasteiger partial charge in [-0.3, -0.25) is 0 Å². The minimum atomic E-state index is -0.107. The van der Waals surface area contributed by atoms with Gasteiger partial charge in [-0.2, -0.15) is 9.78 Å². The SMILES string of the molecule is ClCOCOOOCOCCl. The largest absolute Gasteiger partial charge is 0.336 e. The van der Waals surface area contributed by atoms with Crippen LogP contribution in [0.25, 0.3) is 0 Å². The maximum atomic E-state index is 5.12. The van der Waals surface area contributed by atoms with Gasteiger partial charge in [-0.1, -0.05) is 28.2 Å². The van der Waals surface area contributed by atoms with E-state index in [9.17, 15) is 0 Å². The summed E-state index contributed by atoms with van der Waals surface area (Å²) in [6.45, 7) is -0.214. The third-order valence-corrected chi connectivity index (χ3v) is 0.822. The van der Waals surface area contributed by atoms with E-state index in [1.54, 1.807) is 0 Å². The van der Waals surface area contributed by atoms with E-state index < -0.39 is 0 Å². The summed E-state index contributed by atoms with van der Waals surface area (Å²) in [6, 6.07) is 0.0586. The summed E-state index contributed by atoms with van der Waals surface area (Å²) in [5, 5.41) is 4.07. The predicted octanol–water partition coefficient (Wildman–Crippen LogP) is 1.21. The molecule has 11 heavy (non-hydrogen) atoms. The summed E-state index contributed by atoms with van der Waals surface area (Å²) >= 11 is 10.2. The third kappa shape index (κ3) is 10.4. The van der Waals surface area contributed by atoms with Crippen LogP contribution in [0.4, 0.5) is 0 Å². The summed E-state index contributed by atoms with van der Waals surface area (Å²) in [6.07, 6.45) is 0. The summed E-state index contributed by atoms with van der Waals surface area (Å²) in [4.78, 5) is 8.54. The van der Waals surface area contributed by atoms with Crippen molar-refractivity contribution in [1.29, 1.82) is 0 Å². The van der Waals surface area contributed by atoms with Crippen LogP contribution in [0.3, 0.4) is 0 Å². The number of halogens is 2. The molecule has 0 aromatic rings. The highest BCUT2D eigenvalue weighted by Gasteiger charge is 1.88. The fraction of sp³-hybridized carbons (Fsp3) is 1.00. The lowest BCUT2D eigenvalue weighted by molar-refractivity contribution is -0.540. The molecule has 5 nitrogen and oxygen atoms in total. The van der Waals surface area contributed by atoms with Gasteiger partial charge in [-0.15, -0.1) is 0 Å². The van der Waals surface area contributed by atoms with Crippen molar-refractivity contribution in [1.82, 2.24) is 0 Å². The van der Waals surface area contributed by atoms with Crippen molar-refractivity contribution in [3.8, 4) is 0 Å². The van der Waals surface area contributed by atoms with E-state index in [0.29, 0.717) is 0 Å². The van der Waals surface area contributed by atoms with Crippen molar-refractivity contribution < 1.29 is 24.3 Å². The van der Waals surface area contributed by atoms with Gasteiger partial charge in [0.25, 0.3) is 0 Å². The minimum absolute atomic E-state index is 0.0293. The van der Waals surface area contributed by atoms with Crippen LogP contribution in [0.2, 0.25) is 0 Å². The molecule has 0 aliphatic carbocycles. The Morgan fingerprint density at radius 2 is 1.27 bits per heavy atom. The molecule has 0 saturated carbocycles. The first-order chi connectivity index (χ1) is 5.41. The molecule has 0 spiro atoms. The number of hydrogen-bond donors (Lipinski definition) is 0. The number of alkyl halides is 2. The van der Waals surface area contributed by atoms with Crippen molar-refractivity contribution in [3.63, 3.8) is 0 Å². The van der Waals surface area contributed by atoms with Gasteiger partial charge in [0, 0.05) is 0 Å². The van der Waals surface area contributed by atoms with Crippen LogP contribution in [0.5, 0.6) is 0 Å². The predicted molar refractivity (Wildman–Crippen MR) is 36.6 cm³/mol. The van der Waals surface area contributed by atoms with E-state index in [4.69, 9.17) is 23.2 Å². The molecule has 0 unspecified atom stereocenters. The van der Waals surface area contributed by atoms with Gasteiger partial charge in [0.1, 0.15) is 12.1 Å². The second kappa shape index (κ2) is 10.4. The first-order valence-electron chi connectivity index (χ1n) is 2.60. The molecule has 0 aromatic carbocycles. The molecule has 0 fully saturated rings. The van der Waals surface area contributed by atoms with Crippen LogP contribution in [-0.2, 0) is 24.3 Å². The normalized spacial score (nSPS) is 10.4. The highest BCUT2D eigenvalue weighted by Crippen LogP contribution is 1.86. The number of ether oxygens (including phenoxy) is 2. The molecule has 0 atom stereocenters. The quantitative estimate of drug-likeness (QED) is 0.197. The Morgan fingerprint density at radius 3 is 1.64 bits per heavy atom. The second-order valence-electron chi connectivity index (χ2n) is 1.17. The van der Waals surface area contributed by atoms with E-state index >= 15 is 0 Å². The Labute approximate surface area is 73.9 Å². The van der Waals surface area contributed by atoms with Crippen LogP contribution in [0, 0.1) is 0 Å². The molecular weight excluding hydrogens is 199 g/mol. The Bertz CT molecular complexity index is 65.5. The molecule has 0 saturated heterocycles. The second-order valence-corrected chi connectivity index (χ2v) is 1.60. The van der Waals surface area contributed by atoms with Crippen molar-refractivity contribution in [3.05, 3.63) is 0 Å². The molecule has 0 bridgehead atoms. The van der Waals surface area contributed by atoms with E-state index in [2.05, 4.69) is 24.3 Å². The summed E-state index contributed by atoms with van der Waals surface area (Å²) in [5.74, 6) is 0. The lowest BCUT2D eigenvalue weighted by atomic mass is 11.4. The molecule has 0 aromatic heterocycles. The zero-order valence-electron chi connectivity index (χ0n) is 5.63. The van der Waals surface area contributed by atoms with Crippen molar-refractivity contribution in [2.45, 2.75) is 0 Å². The van der Waals surface area contributed by atoms with Crippen molar-refractivity contribution >= 4 is 23.2 Å². The summed E-state index contributed by atoms with van der Waals surface area (Å²) in [5.41, 5.74) is 0. The summed E-state index contributed by atoms with van der Waals surface area (Å²) < 4.78 is 9.02. The molecule has 0 amide bonds. The first kappa shape index (κ1) is 11.4. The van der Waals surface area contributed by atoms with Crippen molar-refractivity contribution in [2.75, 3.05) is 25.7 Å². The monoisotopic (exact) mass is 206 g/mol. The first-order valence-corrected chi connectivity index (χ1v) is 3.67. The third-order valence-electron chi connectivity index (χ3n) is 0.513. The highest BCUT2D eigenvalue weighted by atomic mass is 35.5. The summed E-state index contributed by atoms with van der Waals surface area (Å²) in [7, 11) is 0. The lowest BCUT2D eigenvalue weighted by Crippen LogP contribution is -2.03. The lowest BCUT2D eigenvalue weighted by Gasteiger charge is -2.01. The van der Waals surface area contributed by atoms with Crippen LogP contribution < -0.4 is 0 Å². The standard InChI is InChI=1S/C4H8Cl2O5/c5-1-7-3-9-11-10-4-8-2-6/h1-4H2. The molecule has 0 aliphatic rings. The Kier molecular flexibility index (Phi) is 10.7. The minimum Gasteiger partial charge on any atom is -0.336 e. The molecule has 0 radical (unpaired) electrons. The average Bonchev–Trinajstić information content (AvgIpc) is 2.03. The van der Waals surface area contributed by atoms with Gasteiger partial charge in [0.15, 0.2) is 13.6 Å². The van der Waals surface area contributed by atoms with E-state index in [1.165, 1.54) is 0 Å². The number of rotatable bonds is 8. The van der Waals surface area contributed by atoms with Crippen LogP contribution in [-0.4, -0.2) is 25.7 Å². The fourth-order valence-electron chi connectivity index (χ4n) is 0.204. The van der Waals surface area contributed by atoms with Gasteiger partial charge in [-0.05, 0) is 0 Å². The Hall–Kier alpha value is 0.380. The molecule has 0 rings (SSSR count). The number of hydrogen-bond acceptors (Lipinski definition) is 5. The topological polar surface area (TPSA) is 46.2 Å². The maximum Gasteiger partial charge on any atom is 0.185 e. The zero-order chi connectivity index (χ0) is 8.36. The van der Waals surface area contributed by atoms with Crippen LogP contribution in [0.1, 0.15) is 0 Å². The fourth-order valence-corrected chi connectivity index (χ4v) is 0.330. The highest BCUT2D eigenvalue weighted by molar-refractivity contribution is 6.17. The molecule has 0 aliphatic heterocycles. The average molecular weight is 207 g/mol. The Balaban J connectivity index is 2.69. The molecule has 0 N–H and O–H groups in total. The van der Waals surface area contributed by atoms with E-state index in [-0.39, 0.29) is 25.7 Å². The molecular formula is C4H8Cl2O5. The Morgan fingerprint density at radius 1 is 0.818 bits per heavy atom. The smallest absolute Gasteiger partial charge is 0.185 e. The zero-order valence-corrected chi connectivity index (χ0v) is 7.14.